The standard InChI is InChI=1S/C44H36N4O.Pt/c1-42(2)33-13-8-11-30-28-18-16-26(23-32(28)40-46-25-37(43(42,3)4)48(40)38(30)33)49-27-17-19-29-31-12-9-14-34-39(31)47(36(29)24-27)41-35(15-10-22-45-41)44(34)20-6-5-7-21-44;/h8-19,22,25H,5-7,20-21H2,1-4H3;/q-2;+2. The van der Waals surface area contributed by atoms with Gasteiger partial charge >= 0.3 is 21.1 Å². The smallest absolute Gasteiger partial charge is 0.503 e. The molecule has 0 amide bonds. The number of rotatable bonds is 2. The Labute approximate surface area is 305 Å². The van der Waals surface area contributed by atoms with Gasteiger partial charge in [0.25, 0.3) is 0 Å². The number of hydrogen-bond acceptors (Lipinski definition) is 3. The molecule has 0 unspecified atom stereocenters. The second kappa shape index (κ2) is 10.1. The Kier molecular flexibility index (Phi) is 6.12. The molecule has 0 atom stereocenters. The van der Waals surface area contributed by atoms with Gasteiger partial charge in [-0.15, -0.1) is 29.7 Å². The quantitative estimate of drug-likeness (QED) is 0.129. The molecule has 4 aromatic carbocycles. The van der Waals surface area contributed by atoms with Gasteiger partial charge in [0.2, 0.25) is 0 Å². The molecule has 2 aliphatic heterocycles. The molecule has 8 aromatic rings. The van der Waals surface area contributed by atoms with E-state index >= 15 is 0 Å². The summed E-state index contributed by atoms with van der Waals surface area (Å²) in [6, 6.07) is 33.8. The Morgan fingerprint density at radius 2 is 1.36 bits per heavy atom. The molecular formula is C44H36N4OPt. The van der Waals surface area contributed by atoms with Gasteiger partial charge in [0, 0.05) is 62.4 Å². The third-order valence-electron chi connectivity index (χ3n) is 13.0. The molecule has 0 N–H and O–H groups in total. The first-order valence-electron chi connectivity index (χ1n) is 17.7. The molecule has 1 saturated carbocycles. The number of imidazole rings is 1. The van der Waals surface area contributed by atoms with Crippen molar-refractivity contribution in [2.45, 2.75) is 76.0 Å². The summed E-state index contributed by atoms with van der Waals surface area (Å²) >= 11 is 0. The average Bonchev–Trinajstić information content (AvgIpc) is 3.72. The van der Waals surface area contributed by atoms with E-state index in [4.69, 9.17) is 14.7 Å². The predicted molar refractivity (Wildman–Crippen MR) is 196 cm³/mol. The van der Waals surface area contributed by atoms with Crippen LogP contribution in [0, 0.1) is 12.1 Å². The van der Waals surface area contributed by atoms with Crippen molar-refractivity contribution in [2.24, 2.45) is 0 Å². The second-order valence-electron chi connectivity index (χ2n) is 15.6. The van der Waals surface area contributed by atoms with Crippen LogP contribution in [0.3, 0.4) is 0 Å². The van der Waals surface area contributed by atoms with Gasteiger partial charge in [0.15, 0.2) is 0 Å². The molecule has 1 aliphatic carbocycles. The summed E-state index contributed by atoms with van der Waals surface area (Å²) < 4.78 is 11.3. The first kappa shape index (κ1) is 30.4. The Balaban J connectivity index is 0.00000316. The van der Waals surface area contributed by atoms with Crippen LogP contribution in [0.25, 0.3) is 54.9 Å². The van der Waals surface area contributed by atoms with E-state index in [2.05, 4.69) is 116 Å². The second-order valence-corrected chi connectivity index (χ2v) is 15.6. The first-order chi connectivity index (χ1) is 23.8. The van der Waals surface area contributed by atoms with Gasteiger partial charge in [-0.2, -0.15) is 6.07 Å². The summed E-state index contributed by atoms with van der Waals surface area (Å²) in [6.45, 7) is 9.39. The fourth-order valence-electron chi connectivity index (χ4n) is 9.83. The van der Waals surface area contributed by atoms with E-state index < -0.39 is 0 Å². The zero-order chi connectivity index (χ0) is 32.9. The Bertz CT molecular complexity index is 2740. The van der Waals surface area contributed by atoms with Crippen LogP contribution in [0.15, 0.2) is 85.2 Å². The third kappa shape index (κ3) is 3.57. The molecule has 50 heavy (non-hydrogen) atoms. The van der Waals surface area contributed by atoms with Crippen LogP contribution in [0.2, 0.25) is 0 Å². The molecule has 6 heterocycles. The van der Waals surface area contributed by atoms with Crippen molar-refractivity contribution in [3.8, 4) is 17.3 Å². The van der Waals surface area contributed by atoms with Gasteiger partial charge in [0.1, 0.15) is 5.82 Å². The van der Waals surface area contributed by atoms with Crippen LogP contribution in [0.5, 0.6) is 11.5 Å². The number of benzene rings is 4. The number of para-hydroxylation sites is 2. The molecule has 3 aliphatic rings. The molecule has 0 radical (unpaired) electrons. The number of ether oxygens (including phenoxy) is 1. The largest absolute Gasteiger partial charge is 2.00 e. The molecule has 5 nitrogen and oxygen atoms in total. The van der Waals surface area contributed by atoms with E-state index in [9.17, 15) is 0 Å². The molecule has 248 valence electrons. The van der Waals surface area contributed by atoms with Crippen LogP contribution in [-0.4, -0.2) is 18.9 Å². The minimum atomic E-state index is -0.106. The Morgan fingerprint density at radius 3 is 2.16 bits per heavy atom. The fraction of sp³-hybridized carbons (Fsp3) is 0.273. The number of hydrogen-bond donors (Lipinski definition) is 0. The van der Waals surface area contributed by atoms with Gasteiger partial charge in [-0.05, 0) is 40.8 Å². The number of nitrogens with zero attached hydrogens (tertiary/aromatic N) is 4. The van der Waals surface area contributed by atoms with E-state index in [1.165, 1.54) is 81.7 Å². The molecule has 6 heteroatoms. The van der Waals surface area contributed by atoms with Gasteiger partial charge in [-0.3, -0.25) is 4.98 Å². The van der Waals surface area contributed by atoms with E-state index in [1.807, 2.05) is 18.3 Å². The van der Waals surface area contributed by atoms with E-state index in [0.717, 1.165) is 27.8 Å². The van der Waals surface area contributed by atoms with Crippen molar-refractivity contribution >= 4 is 49.1 Å². The van der Waals surface area contributed by atoms with Crippen molar-refractivity contribution in [2.75, 3.05) is 0 Å². The molecular weight excluding hydrogens is 796 g/mol. The first-order valence-corrected chi connectivity index (χ1v) is 17.7. The minimum Gasteiger partial charge on any atom is -0.503 e. The SMILES string of the molecule is CC1(C)c2cccc3c4ccc(Oc5[c-]c6c(cc5)c5cccc7c5n6-c5ncccc5C75CCCCC5)[c-]c4c4ncc(n4c23)C1(C)C.[Pt+2]. The molecule has 0 saturated heterocycles. The maximum Gasteiger partial charge on any atom is 2.00 e. The third-order valence-corrected chi connectivity index (χ3v) is 13.0. The van der Waals surface area contributed by atoms with Crippen LogP contribution in [-0.2, 0) is 37.3 Å². The van der Waals surface area contributed by atoms with Gasteiger partial charge in [-0.1, -0.05) is 112 Å². The van der Waals surface area contributed by atoms with Crippen LogP contribution in [0.1, 0.15) is 82.2 Å². The zero-order valence-electron chi connectivity index (χ0n) is 28.6. The molecule has 1 spiro atoms. The van der Waals surface area contributed by atoms with Crippen LogP contribution >= 0.6 is 0 Å². The van der Waals surface area contributed by atoms with Crippen molar-refractivity contribution in [1.82, 2.24) is 18.9 Å². The Morgan fingerprint density at radius 1 is 0.660 bits per heavy atom. The Hall–Kier alpha value is -4.47. The van der Waals surface area contributed by atoms with E-state index in [-0.39, 0.29) is 37.3 Å². The zero-order valence-corrected chi connectivity index (χ0v) is 30.9. The normalized spacial score (nSPS) is 17.9. The predicted octanol–water partition coefficient (Wildman–Crippen LogP) is 10.7. The van der Waals surface area contributed by atoms with Gasteiger partial charge in [-0.25, -0.2) is 4.98 Å². The van der Waals surface area contributed by atoms with E-state index in [0.29, 0.717) is 11.5 Å². The number of fused-ring (bicyclic) bond motifs is 10. The molecule has 11 rings (SSSR count). The minimum absolute atomic E-state index is 0. The van der Waals surface area contributed by atoms with Gasteiger partial charge in [0.05, 0.1) is 5.65 Å². The van der Waals surface area contributed by atoms with E-state index in [1.54, 1.807) is 0 Å². The maximum atomic E-state index is 6.63. The number of aromatic nitrogens is 4. The molecule has 4 aromatic heterocycles. The summed E-state index contributed by atoms with van der Waals surface area (Å²) in [5, 5.41) is 5.75. The average molecular weight is 832 g/mol. The summed E-state index contributed by atoms with van der Waals surface area (Å²) in [6.07, 6.45) is 10.1. The molecule has 1 fully saturated rings. The van der Waals surface area contributed by atoms with Crippen LogP contribution in [0.4, 0.5) is 0 Å². The van der Waals surface area contributed by atoms with Crippen molar-refractivity contribution in [3.05, 3.63) is 120 Å². The van der Waals surface area contributed by atoms with Crippen LogP contribution < -0.4 is 4.74 Å². The summed E-state index contributed by atoms with van der Waals surface area (Å²) in [4.78, 5) is 10.1. The van der Waals surface area contributed by atoms with Crippen molar-refractivity contribution in [3.63, 3.8) is 0 Å². The fourth-order valence-corrected chi connectivity index (χ4v) is 9.83. The topological polar surface area (TPSA) is 44.3 Å². The van der Waals surface area contributed by atoms with Crippen molar-refractivity contribution < 1.29 is 25.8 Å². The van der Waals surface area contributed by atoms with Gasteiger partial charge < -0.3 is 13.7 Å². The monoisotopic (exact) mass is 831 g/mol. The maximum absolute atomic E-state index is 6.63. The summed E-state index contributed by atoms with van der Waals surface area (Å²) in [7, 11) is 0. The molecule has 0 bridgehead atoms. The number of pyridine rings is 2. The summed E-state index contributed by atoms with van der Waals surface area (Å²) in [5.41, 5.74) is 9.65. The summed E-state index contributed by atoms with van der Waals surface area (Å²) in [5.74, 6) is 2.34. The van der Waals surface area contributed by atoms with Crippen molar-refractivity contribution in [1.29, 1.82) is 0 Å².